The van der Waals surface area contributed by atoms with Crippen molar-refractivity contribution in [3.63, 3.8) is 0 Å². The molecule has 0 bridgehead atoms. The molecule has 1 N–H and O–H groups in total. The number of hydrogen-bond acceptors (Lipinski definition) is 7. The largest absolute Gasteiger partial charge is 0.477 e. The van der Waals surface area contributed by atoms with Crippen molar-refractivity contribution < 1.29 is 42.9 Å². The van der Waals surface area contributed by atoms with Crippen LogP contribution in [0.4, 0.5) is 0 Å². The van der Waals surface area contributed by atoms with Crippen molar-refractivity contribution in [2.75, 3.05) is 47.5 Å². The summed E-state index contributed by atoms with van der Waals surface area (Å²) < 4.78 is 22.6. The zero-order chi connectivity index (χ0) is 37.1. The van der Waals surface area contributed by atoms with Crippen LogP contribution in [0.5, 0.6) is 0 Å². The summed E-state index contributed by atoms with van der Waals surface area (Å²) in [5, 5.41) is 9.58. The zero-order valence-corrected chi connectivity index (χ0v) is 32.5. The van der Waals surface area contributed by atoms with E-state index < -0.39 is 24.3 Å². The molecule has 0 aliphatic heterocycles. The van der Waals surface area contributed by atoms with Crippen LogP contribution in [0.15, 0.2) is 36.5 Å². The normalized spacial score (nSPS) is 13.4. The molecule has 2 unspecified atom stereocenters. The summed E-state index contributed by atoms with van der Waals surface area (Å²) in [4.78, 5) is 36.9. The van der Waals surface area contributed by atoms with Crippen molar-refractivity contribution in [1.29, 1.82) is 0 Å². The van der Waals surface area contributed by atoms with Gasteiger partial charge in [0, 0.05) is 12.8 Å². The van der Waals surface area contributed by atoms with Crippen LogP contribution in [0, 0.1) is 0 Å². The van der Waals surface area contributed by atoms with Crippen molar-refractivity contribution in [3.05, 3.63) is 36.5 Å². The highest BCUT2D eigenvalue weighted by atomic mass is 16.7. The Kier molecular flexibility index (Phi) is 32.0. The van der Waals surface area contributed by atoms with Crippen molar-refractivity contribution in [2.45, 2.75) is 161 Å². The third-order valence-corrected chi connectivity index (χ3v) is 8.16. The van der Waals surface area contributed by atoms with Gasteiger partial charge >= 0.3 is 17.9 Å². The van der Waals surface area contributed by atoms with E-state index in [2.05, 4.69) is 50.3 Å². The van der Waals surface area contributed by atoms with E-state index in [1.807, 2.05) is 21.1 Å². The average Bonchev–Trinajstić information content (AvgIpc) is 3.06. The Balaban J connectivity index is 4.55. The van der Waals surface area contributed by atoms with E-state index in [0.717, 1.165) is 70.6 Å². The van der Waals surface area contributed by atoms with E-state index >= 15 is 0 Å². The van der Waals surface area contributed by atoms with Crippen molar-refractivity contribution in [1.82, 2.24) is 0 Å². The lowest BCUT2D eigenvalue weighted by molar-refractivity contribution is -0.870. The van der Waals surface area contributed by atoms with Crippen LogP contribution in [0.25, 0.3) is 0 Å². The molecule has 0 spiro atoms. The van der Waals surface area contributed by atoms with E-state index in [1.54, 1.807) is 0 Å². The Morgan fingerprint density at radius 3 is 1.70 bits per heavy atom. The number of carbonyl (C=O) groups excluding carboxylic acids is 2. The Morgan fingerprint density at radius 2 is 1.14 bits per heavy atom. The number of rotatable bonds is 35. The smallest absolute Gasteiger partial charge is 0.361 e. The van der Waals surface area contributed by atoms with E-state index in [0.29, 0.717) is 23.9 Å². The Morgan fingerprint density at radius 1 is 0.620 bits per heavy atom. The summed E-state index contributed by atoms with van der Waals surface area (Å²) >= 11 is 0. The second-order valence-electron chi connectivity index (χ2n) is 14.2. The Hall–Kier alpha value is -2.49. The second-order valence-corrected chi connectivity index (χ2v) is 14.2. The van der Waals surface area contributed by atoms with Gasteiger partial charge in [0.05, 0.1) is 34.4 Å². The van der Waals surface area contributed by atoms with Crippen LogP contribution in [0.1, 0.15) is 149 Å². The highest BCUT2D eigenvalue weighted by Crippen LogP contribution is 2.13. The lowest BCUT2D eigenvalue weighted by Crippen LogP contribution is -2.40. The molecule has 9 nitrogen and oxygen atoms in total. The van der Waals surface area contributed by atoms with Gasteiger partial charge in [-0.05, 0) is 44.9 Å². The standard InChI is InChI=1S/C41H73NO8/c1-6-8-10-12-14-16-18-19-20-21-22-24-26-28-30-32-39(44)50-37(36-49-41(40(45)46)47-34-33-42(3,4)5)35-48-38(43)31-29-27-25-23-17-15-13-11-9-7-2/h8,10,14,16,19-20,37,41H,6-7,9,11-13,15,17-18,21-36H2,1-5H3/p+1/b10-8-,16-14-,20-19-. The number of unbranched alkanes of at least 4 members (excludes halogenated alkanes) is 14. The van der Waals surface area contributed by atoms with Gasteiger partial charge in [-0.15, -0.1) is 0 Å². The molecule has 0 fully saturated rings. The summed E-state index contributed by atoms with van der Waals surface area (Å²) in [6.45, 7) is 4.70. The minimum atomic E-state index is -1.51. The van der Waals surface area contributed by atoms with Gasteiger partial charge in [-0.1, -0.05) is 127 Å². The van der Waals surface area contributed by atoms with Crippen molar-refractivity contribution in [3.8, 4) is 0 Å². The molecule has 2 atom stereocenters. The number of ether oxygens (including phenoxy) is 4. The first-order valence-corrected chi connectivity index (χ1v) is 19.7. The van der Waals surface area contributed by atoms with Gasteiger partial charge in [0.15, 0.2) is 6.10 Å². The van der Waals surface area contributed by atoms with Gasteiger partial charge in [-0.25, -0.2) is 4.79 Å². The SMILES string of the molecule is CC/C=C\C/C=C\C/C=C\CCCCCCCC(=O)OC(COC(=O)CCCCCCCCCCCC)COC(OCC[N+](C)(C)C)C(=O)O. The molecular formula is C41H74NO8+. The molecular weight excluding hydrogens is 634 g/mol. The predicted octanol–water partition coefficient (Wildman–Crippen LogP) is 9.49. The van der Waals surface area contributed by atoms with Crippen LogP contribution in [-0.4, -0.2) is 87.4 Å². The fraction of sp³-hybridized carbons (Fsp3) is 0.780. The molecule has 50 heavy (non-hydrogen) atoms. The van der Waals surface area contributed by atoms with Crippen LogP contribution < -0.4 is 0 Å². The van der Waals surface area contributed by atoms with Gasteiger partial charge in [-0.2, -0.15) is 0 Å². The molecule has 0 heterocycles. The highest BCUT2D eigenvalue weighted by Gasteiger charge is 2.25. The predicted molar refractivity (Wildman–Crippen MR) is 203 cm³/mol. The molecule has 290 valence electrons. The molecule has 0 aliphatic carbocycles. The van der Waals surface area contributed by atoms with E-state index in [1.165, 1.54) is 44.9 Å². The number of carboxylic acid groups (broad SMARTS) is 1. The first-order chi connectivity index (χ1) is 24.1. The molecule has 0 aromatic rings. The van der Waals surface area contributed by atoms with Crippen molar-refractivity contribution >= 4 is 17.9 Å². The number of likely N-dealkylation sites (N-methyl/N-ethyl adjacent to an activating group) is 1. The maximum atomic E-state index is 12.7. The molecule has 0 aromatic carbocycles. The summed E-state index contributed by atoms with van der Waals surface area (Å²) in [7, 11) is 5.93. The number of carbonyl (C=O) groups is 3. The topological polar surface area (TPSA) is 108 Å². The van der Waals surface area contributed by atoms with Gasteiger partial charge in [0.2, 0.25) is 0 Å². The Bertz CT molecular complexity index is 924. The molecule has 0 aromatic heterocycles. The van der Waals surface area contributed by atoms with Gasteiger partial charge in [-0.3, -0.25) is 9.59 Å². The number of quaternary nitrogens is 1. The fourth-order valence-corrected chi connectivity index (χ4v) is 5.08. The van der Waals surface area contributed by atoms with Crippen LogP contribution in [0.3, 0.4) is 0 Å². The van der Waals surface area contributed by atoms with Crippen LogP contribution in [0.2, 0.25) is 0 Å². The lowest BCUT2D eigenvalue weighted by atomic mass is 10.1. The summed E-state index contributed by atoms with van der Waals surface area (Å²) in [6.07, 6.45) is 32.0. The van der Waals surface area contributed by atoms with Crippen LogP contribution in [-0.2, 0) is 33.3 Å². The van der Waals surface area contributed by atoms with Crippen LogP contribution >= 0.6 is 0 Å². The molecule has 9 heteroatoms. The van der Waals surface area contributed by atoms with E-state index in [4.69, 9.17) is 18.9 Å². The molecule has 0 radical (unpaired) electrons. The monoisotopic (exact) mass is 709 g/mol. The second kappa shape index (κ2) is 33.6. The molecule has 0 saturated carbocycles. The molecule has 0 saturated heterocycles. The summed E-state index contributed by atoms with van der Waals surface area (Å²) in [5.74, 6) is -2.04. The quantitative estimate of drug-likeness (QED) is 0.0228. The molecule has 0 amide bonds. The number of esters is 2. The van der Waals surface area contributed by atoms with Gasteiger partial charge in [0.1, 0.15) is 13.2 Å². The van der Waals surface area contributed by atoms with Crippen molar-refractivity contribution in [2.24, 2.45) is 0 Å². The lowest BCUT2D eigenvalue weighted by Gasteiger charge is -2.25. The number of allylic oxidation sites excluding steroid dienone is 6. The molecule has 0 rings (SSSR count). The van der Waals surface area contributed by atoms with E-state index in [9.17, 15) is 19.5 Å². The van der Waals surface area contributed by atoms with E-state index in [-0.39, 0.29) is 32.2 Å². The number of aliphatic carboxylic acids is 1. The number of nitrogens with zero attached hydrogens (tertiary/aromatic N) is 1. The molecule has 0 aliphatic rings. The number of hydrogen-bond donors (Lipinski definition) is 1. The van der Waals surface area contributed by atoms with Gasteiger partial charge in [0.25, 0.3) is 6.29 Å². The fourth-order valence-electron chi connectivity index (χ4n) is 5.08. The maximum Gasteiger partial charge on any atom is 0.361 e. The average molecular weight is 709 g/mol. The third-order valence-electron chi connectivity index (χ3n) is 8.16. The maximum absolute atomic E-state index is 12.7. The third kappa shape index (κ3) is 34.0. The first kappa shape index (κ1) is 47.5. The highest BCUT2D eigenvalue weighted by molar-refractivity contribution is 5.71. The minimum Gasteiger partial charge on any atom is -0.477 e. The van der Waals surface area contributed by atoms with Gasteiger partial charge < -0.3 is 28.5 Å². The summed E-state index contributed by atoms with van der Waals surface area (Å²) in [5.41, 5.74) is 0. The zero-order valence-electron chi connectivity index (χ0n) is 32.5. The summed E-state index contributed by atoms with van der Waals surface area (Å²) in [6, 6.07) is 0. The first-order valence-electron chi connectivity index (χ1n) is 19.7. The Labute approximate surface area is 305 Å². The minimum absolute atomic E-state index is 0.184. The number of carboxylic acids is 1.